The second-order valence-corrected chi connectivity index (χ2v) is 6.71. The lowest BCUT2D eigenvalue weighted by Crippen LogP contribution is -2.41. The number of hydrogen-bond donors (Lipinski definition) is 2. The van der Waals surface area contributed by atoms with Crippen molar-refractivity contribution in [2.45, 2.75) is 39.0 Å². The minimum absolute atomic E-state index is 0.165. The Morgan fingerprint density at radius 1 is 1.04 bits per heavy atom. The maximum atomic E-state index is 12.2. The van der Waals surface area contributed by atoms with Crippen molar-refractivity contribution in [3.05, 3.63) is 45.2 Å². The van der Waals surface area contributed by atoms with Gasteiger partial charge in [-0.2, -0.15) is 0 Å². The van der Waals surface area contributed by atoms with Gasteiger partial charge < -0.3 is 0 Å². The second kappa shape index (κ2) is 6.87. The number of carbonyl (C=O) groups excluding carboxylic acids is 2. The van der Waals surface area contributed by atoms with Gasteiger partial charge in [0.2, 0.25) is 0 Å². The highest BCUT2D eigenvalue weighted by atomic mass is 32.1. The van der Waals surface area contributed by atoms with Gasteiger partial charge in [-0.15, -0.1) is 11.3 Å². The highest BCUT2D eigenvalue weighted by molar-refractivity contribution is 7.14. The molecule has 1 aliphatic rings. The van der Waals surface area contributed by atoms with Crippen LogP contribution in [0.1, 0.15) is 55.6 Å². The molecule has 0 unspecified atom stereocenters. The maximum absolute atomic E-state index is 12.2. The molecule has 2 aromatic heterocycles. The van der Waals surface area contributed by atoms with Crippen LogP contribution in [0.5, 0.6) is 0 Å². The molecule has 0 aliphatic heterocycles. The molecule has 0 bridgehead atoms. The first-order chi connectivity index (χ1) is 11.1. The van der Waals surface area contributed by atoms with Gasteiger partial charge in [0.05, 0.1) is 16.8 Å². The van der Waals surface area contributed by atoms with Crippen LogP contribution in [0, 0.1) is 6.92 Å². The SMILES string of the molecule is Cc1cnc(C(=O)NNC(=O)c2cc3c(s2)CCCCC3)cn1. The quantitative estimate of drug-likeness (QED) is 0.653. The number of carbonyl (C=O) groups is 2. The van der Waals surface area contributed by atoms with Gasteiger partial charge in [0, 0.05) is 11.1 Å². The van der Waals surface area contributed by atoms with E-state index in [4.69, 9.17) is 0 Å². The zero-order valence-electron chi connectivity index (χ0n) is 12.9. The number of thiophene rings is 1. The number of fused-ring (bicyclic) bond motifs is 1. The average molecular weight is 330 g/mol. The van der Waals surface area contributed by atoms with E-state index in [1.165, 1.54) is 53.4 Å². The summed E-state index contributed by atoms with van der Waals surface area (Å²) < 4.78 is 0. The summed E-state index contributed by atoms with van der Waals surface area (Å²) in [6.45, 7) is 1.79. The molecule has 23 heavy (non-hydrogen) atoms. The minimum atomic E-state index is -0.482. The topological polar surface area (TPSA) is 84.0 Å². The molecule has 7 heteroatoms. The van der Waals surface area contributed by atoms with Crippen LogP contribution in [-0.2, 0) is 12.8 Å². The fourth-order valence-corrected chi connectivity index (χ4v) is 3.68. The first-order valence-electron chi connectivity index (χ1n) is 7.64. The summed E-state index contributed by atoms with van der Waals surface area (Å²) in [5.41, 5.74) is 6.98. The molecule has 0 spiro atoms. The Kier molecular flexibility index (Phi) is 4.66. The van der Waals surface area contributed by atoms with Crippen molar-refractivity contribution in [1.29, 1.82) is 0 Å². The molecule has 3 rings (SSSR count). The summed E-state index contributed by atoms with van der Waals surface area (Å²) in [5, 5.41) is 0. The van der Waals surface area contributed by atoms with Crippen molar-refractivity contribution in [1.82, 2.24) is 20.8 Å². The zero-order chi connectivity index (χ0) is 16.2. The molecule has 2 amide bonds. The number of aryl methyl sites for hydroxylation is 3. The largest absolute Gasteiger partial charge is 0.289 e. The number of hydrazine groups is 1. The summed E-state index contributed by atoms with van der Waals surface area (Å²) in [4.78, 5) is 34.0. The standard InChI is InChI=1S/C16H18N4O2S/c1-10-8-18-12(9-17-10)15(21)19-20-16(22)14-7-11-5-3-2-4-6-13(11)23-14/h7-9H,2-6H2,1H3,(H,19,21)(H,20,22). The normalized spacial score (nSPS) is 13.8. The third-order valence-electron chi connectivity index (χ3n) is 3.77. The molecule has 1 aliphatic carbocycles. The summed E-state index contributed by atoms with van der Waals surface area (Å²) >= 11 is 1.51. The van der Waals surface area contributed by atoms with E-state index in [2.05, 4.69) is 20.8 Å². The second-order valence-electron chi connectivity index (χ2n) is 5.57. The van der Waals surface area contributed by atoms with Gasteiger partial charge in [-0.05, 0) is 44.2 Å². The van der Waals surface area contributed by atoms with E-state index in [-0.39, 0.29) is 11.6 Å². The highest BCUT2D eigenvalue weighted by Crippen LogP contribution is 2.28. The average Bonchev–Trinajstić information content (AvgIpc) is 2.84. The van der Waals surface area contributed by atoms with E-state index in [0.717, 1.165) is 18.5 Å². The summed E-state index contributed by atoms with van der Waals surface area (Å²) in [6.07, 6.45) is 8.56. The predicted molar refractivity (Wildman–Crippen MR) is 87.3 cm³/mol. The van der Waals surface area contributed by atoms with Gasteiger partial charge in [-0.3, -0.25) is 25.4 Å². The summed E-state index contributed by atoms with van der Waals surface area (Å²) in [7, 11) is 0. The Hall–Kier alpha value is -2.28. The Balaban J connectivity index is 1.61. The fraction of sp³-hybridized carbons (Fsp3) is 0.375. The van der Waals surface area contributed by atoms with Gasteiger partial charge in [0.15, 0.2) is 0 Å². The Morgan fingerprint density at radius 2 is 1.83 bits per heavy atom. The molecule has 6 nitrogen and oxygen atoms in total. The Labute approximate surface area is 138 Å². The fourth-order valence-electron chi connectivity index (χ4n) is 2.53. The molecule has 2 aromatic rings. The van der Waals surface area contributed by atoms with Crippen molar-refractivity contribution in [3.63, 3.8) is 0 Å². The van der Waals surface area contributed by atoms with Crippen molar-refractivity contribution in [3.8, 4) is 0 Å². The first-order valence-corrected chi connectivity index (χ1v) is 8.46. The van der Waals surface area contributed by atoms with Crippen LogP contribution in [0.15, 0.2) is 18.5 Å². The molecule has 0 radical (unpaired) electrons. The van der Waals surface area contributed by atoms with E-state index >= 15 is 0 Å². The third-order valence-corrected chi connectivity index (χ3v) is 5.01. The molecule has 120 valence electrons. The van der Waals surface area contributed by atoms with E-state index < -0.39 is 5.91 Å². The van der Waals surface area contributed by atoms with Gasteiger partial charge in [0.1, 0.15) is 5.69 Å². The number of nitrogens with zero attached hydrogens (tertiary/aromatic N) is 2. The molecule has 0 fully saturated rings. The lowest BCUT2D eigenvalue weighted by molar-refractivity contribution is 0.0846. The molecule has 0 atom stereocenters. The number of hydrogen-bond acceptors (Lipinski definition) is 5. The van der Waals surface area contributed by atoms with Crippen molar-refractivity contribution < 1.29 is 9.59 Å². The number of aromatic nitrogens is 2. The maximum Gasteiger partial charge on any atom is 0.289 e. The number of amides is 2. The summed E-state index contributed by atoms with van der Waals surface area (Å²) in [6, 6.07) is 1.94. The van der Waals surface area contributed by atoms with E-state index in [1.807, 2.05) is 6.07 Å². The monoisotopic (exact) mass is 330 g/mol. The van der Waals surface area contributed by atoms with Crippen LogP contribution >= 0.6 is 11.3 Å². The lowest BCUT2D eigenvalue weighted by Gasteiger charge is -2.05. The first kappa shape index (κ1) is 15.6. The van der Waals surface area contributed by atoms with Crippen LogP contribution in [0.3, 0.4) is 0 Å². The molecular formula is C16H18N4O2S. The van der Waals surface area contributed by atoms with Crippen LogP contribution in [0.25, 0.3) is 0 Å². The van der Waals surface area contributed by atoms with Gasteiger partial charge in [-0.1, -0.05) is 6.42 Å². The Bertz CT molecular complexity index is 701. The lowest BCUT2D eigenvalue weighted by atomic mass is 10.1. The van der Waals surface area contributed by atoms with Crippen LogP contribution in [0.4, 0.5) is 0 Å². The minimum Gasteiger partial charge on any atom is -0.266 e. The molecule has 0 saturated carbocycles. The van der Waals surface area contributed by atoms with E-state index in [1.54, 1.807) is 6.92 Å². The molecule has 2 N–H and O–H groups in total. The van der Waals surface area contributed by atoms with E-state index in [9.17, 15) is 9.59 Å². The zero-order valence-corrected chi connectivity index (χ0v) is 13.7. The van der Waals surface area contributed by atoms with Crippen molar-refractivity contribution >= 4 is 23.2 Å². The van der Waals surface area contributed by atoms with Gasteiger partial charge in [-0.25, -0.2) is 4.98 Å². The van der Waals surface area contributed by atoms with Gasteiger partial charge in [0.25, 0.3) is 11.8 Å². The summed E-state index contributed by atoms with van der Waals surface area (Å²) in [5.74, 6) is -0.777. The van der Waals surface area contributed by atoms with E-state index in [0.29, 0.717) is 4.88 Å². The third kappa shape index (κ3) is 3.73. The molecule has 0 aromatic carbocycles. The number of nitrogens with one attached hydrogen (secondary N) is 2. The number of rotatable bonds is 2. The molecular weight excluding hydrogens is 312 g/mol. The highest BCUT2D eigenvalue weighted by Gasteiger charge is 2.17. The smallest absolute Gasteiger partial charge is 0.266 e. The predicted octanol–water partition coefficient (Wildman–Crippen LogP) is 2.19. The van der Waals surface area contributed by atoms with Gasteiger partial charge >= 0.3 is 0 Å². The molecule has 0 saturated heterocycles. The Morgan fingerprint density at radius 3 is 2.61 bits per heavy atom. The van der Waals surface area contributed by atoms with Crippen molar-refractivity contribution in [2.24, 2.45) is 0 Å². The van der Waals surface area contributed by atoms with Crippen molar-refractivity contribution in [2.75, 3.05) is 0 Å². The van der Waals surface area contributed by atoms with Crippen LogP contribution < -0.4 is 10.9 Å². The van der Waals surface area contributed by atoms with Crippen LogP contribution in [0.2, 0.25) is 0 Å². The van der Waals surface area contributed by atoms with Crippen LogP contribution in [-0.4, -0.2) is 21.8 Å². The molecule has 2 heterocycles.